The molecule has 3 N–H and O–H groups in total. The highest BCUT2D eigenvalue weighted by atomic mass is 32.1. The van der Waals surface area contributed by atoms with E-state index in [9.17, 15) is 9.50 Å². The van der Waals surface area contributed by atoms with Crippen molar-refractivity contribution in [3.8, 4) is 0 Å². The first kappa shape index (κ1) is 14.9. The van der Waals surface area contributed by atoms with Crippen LogP contribution in [0.3, 0.4) is 0 Å². The van der Waals surface area contributed by atoms with Crippen LogP contribution in [0.15, 0.2) is 24.3 Å². The molecule has 1 atom stereocenters. The van der Waals surface area contributed by atoms with Gasteiger partial charge in [-0.1, -0.05) is 12.1 Å². The summed E-state index contributed by atoms with van der Waals surface area (Å²) in [6.45, 7) is 0.788. The Morgan fingerprint density at radius 3 is 2.61 bits per heavy atom. The van der Waals surface area contributed by atoms with Crippen LogP contribution in [0.25, 0.3) is 0 Å². The molecular formula is C13H19FN2OS. The van der Waals surface area contributed by atoms with Gasteiger partial charge in [-0.2, -0.15) is 0 Å². The number of hydrogen-bond donors (Lipinski definition) is 3. The lowest BCUT2D eigenvalue weighted by Gasteiger charge is -2.11. The van der Waals surface area contributed by atoms with Gasteiger partial charge in [-0.15, -0.1) is 0 Å². The van der Waals surface area contributed by atoms with Crippen molar-refractivity contribution in [1.29, 1.82) is 0 Å². The SMILES string of the molecule is CNC(=S)NCCCCC(O)c1ccc(F)cc1. The zero-order chi connectivity index (χ0) is 13.4. The maximum atomic E-state index is 12.7. The summed E-state index contributed by atoms with van der Waals surface area (Å²) >= 11 is 4.94. The predicted octanol–water partition coefficient (Wildman–Crippen LogP) is 2.12. The van der Waals surface area contributed by atoms with Gasteiger partial charge in [0.1, 0.15) is 5.82 Å². The highest BCUT2D eigenvalue weighted by Crippen LogP contribution is 2.19. The largest absolute Gasteiger partial charge is 0.388 e. The fourth-order valence-corrected chi connectivity index (χ4v) is 1.71. The van der Waals surface area contributed by atoms with Gasteiger partial charge < -0.3 is 15.7 Å². The average Bonchev–Trinajstić information content (AvgIpc) is 2.38. The molecule has 0 heterocycles. The Bertz CT molecular complexity index is 370. The first-order chi connectivity index (χ1) is 8.63. The fourth-order valence-electron chi connectivity index (χ4n) is 1.60. The standard InChI is InChI=1S/C13H19FN2OS/c1-15-13(18)16-9-3-2-4-12(17)10-5-7-11(14)8-6-10/h5-8,12,17H,2-4,9H2,1H3,(H2,15,16,18). The van der Waals surface area contributed by atoms with E-state index in [2.05, 4.69) is 10.6 Å². The summed E-state index contributed by atoms with van der Waals surface area (Å²) in [6, 6.07) is 5.97. The number of unbranched alkanes of at least 4 members (excludes halogenated alkanes) is 1. The van der Waals surface area contributed by atoms with Crippen molar-refractivity contribution in [2.24, 2.45) is 0 Å². The number of benzene rings is 1. The number of rotatable bonds is 6. The Morgan fingerprint density at radius 2 is 2.00 bits per heavy atom. The van der Waals surface area contributed by atoms with Gasteiger partial charge in [-0.25, -0.2) is 4.39 Å². The van der Waals surface area contributed by atoms with E-state index >= 15 is 0 Å². The van der Waals surface area contributed by atoms with Crippen molar-refractivity contribution in [1.82, 2.24) is 10.6 Å². The van der Waals surface area contributed by atoms with Crippen LogP contribution < -0.4 is 10.6 Å². The van der Waals surface area contributed by atoms with E-state index in [1.54, 1.807) is 19.2 Å². The molecule has 1 rings (SSSR count). The van der Waals surface area contributed by atoms with Gasteiger partial charge in [0.25, 0.3) is 0 Å². The van der Waals surface area contributed by atoms with Gasteiger partial charge in [-0.05, 0) is 49.2 Å². The minimum absolute atomic E-state index is 0.282. The Kier molecular flexibility index (Phi) is 6.60. The minimum Gasteiger partial charge on any atom is -0.388 e. The molecule has 0 amide bonds. The van der Waals surface area contributed by atoms with E-state index in [1.165, 1.54) is 12.1 Å². The zero-order valence-corrected chi connectivity index (χ0v) is 11.3. The molecule has 0 bridgehead atoms. The molecule has 3 nitrogen and oxygen atoms in total. The highest BCUT2D eigenvalue weighted by molar-refractivity contribution is 7.80. The zero-order valence-electron chi connectivity index (χ0n) is 10.4. The van der Waals surface area contributed by atoms with Crippen LogP contribution in [0.4, 0.5) is 4.39 Å². The molecule has 0 fully saturated rings. The molecule has 0 aliphatic heterocycles. The summed E-state index contributed by atoms with van der Waals surface area (Å²) in [5.41, 5.74) is 0.759. The van der Waals surface area contributed by atoms with E-state index in [1.807, 2.05) is 0 Å². The topological polar surface area (TPSA) is 44.3 Å². The van der Waals surface area contributed by atoms with E-state index in [0.717, 1.165) is 24.9 Å². The molecule has 1 aromatic carbocycles. The lowest BCUT2D eigenvalue weighted by atomic mass is 10.0. The lowest BCUT2D eigenvalue weighted by Crippen LogP contribution is -2.32. The summed E-state index contributed by atoms with van der Waals surface area (Å²) in [5.74, 6) is -0.282. The van der Waals surface area contributed by atoms with Gasteiger partial charge >= 0.3 is 0 Å². The van der Waals surface area contributed by atoms with Crippen molar-refractivity contribution in [2.45, 2.75) is 25.4 Å². The van der Waals surface area contributed by atoms with Crippen LogP contribution in [0.1, 0.15) is 30.9 Å². The number of thiocarbonyl (C=S) groups is 1. The molecular weight excluding hydrogens is 251 g/mol. The van der Waals surface area contributed by atoms with Crippen LogP contribution >= 0.6 is 12.2 Å². The molecule has 18 heavy (non-hydrogen) atoms. The molecule has 1 aromatic rings. The maximum Gasteiger partial charge on any atom is 0.166 e. The van der Waals surface area contributed by atoms with E-state index in [-0.39, 0.29) is 5.82 Å². The molecule has 0 radical (unpaired) electrons. The maximum absolute atomic E-state index is 12.7. The normalized spacial score (nSPS) is 11.9. The first-order valence-corrected chi connectivity index (χ1v) is 6.43. The Hall–Kier alpha value is -1.20. The molecule has 0 aliphatic carbocycles. The van der Waals surface area contributed by atoms with Crippen molar-refractivity contribution in [3.05, 3.63) is 35.6 Å². The van der Waals surface area contributed by atoms with Gasteiger partial charge in [0.05, 0.1) is 6.10 Å². The summed E-state index contributed by atoms with van der Waals surface area (Å²) in [7, 11) is 1.77. The lowest BCUT2D eigenvalue weighted by molar-refractivity contribution is 0.163. The summed E-state index contributed by atoms with van der Waals surface area (Å²) in [6.07, 6.45) is 1.96. The smallest absolute Gasteiger partial charge is 0.166 e. The number of aliphatic hydroxyl groups is 1. The Balaban J connectivity index is 2.19. The number of hydrogen-bond acceptors (Lipinski definition) is 2. The van der Waals surface area contributed by atoms with Crippen LogP contribution in [-0.2, 0) is 0 Å². The molecule has 0 aliphatic rings. The molecule has 1 unspecified atom stereocenters. The number of nitrogens with one attached hydrogen (secondary N) is 2. The highest BCUT2D eigenvalue weighted by Gasteiger charge is 2.06. The minimum atomic E-state index is -0.526. The van der Waals surface area contributed by atoms with Gasteiger partial charge in [-0.3, -0.25) is 0 Å². The van der Waals surface area contributed by atoms with Crippen LogP contribution in [0.2, 0.25) is 0 Å². The molecule has 0 saturated heterocycles. The molecule has 0 aromatic heterocycles. The third-order valence-corrected chi connectivity index (χ3v) is 3.02. The van der Waals surface area contributed by atoms with Gasteiger partial charge in [0, 0.05) is 13.6 Å². The second-order valence-electron chi connectivity index (χ2n) is 4.07. The average molecular weight is 270 g/mol. The molecule has 0 saturated carbocycles. The first-order valence-electron chi connectivity index (χ1n) is 6.02. The Labute approximate surface area is 112 Å². The van der Waals surface area contributed by atoms with Crippen molar-refractivity contribution >= 4 is 17.3 Å². The van der Waals surface area contributed by atoms with Crippen LogP contribution in [-0.4, -0.2) is 23.8 Å². The monoisotopic (exact) mass is 270 g/mol. The van der Waals surface area contributed by atoms with E-state index < -0.39 is 6.10 Å². The molecule has 5 heteroatoms. The van der Waals surface area contributed by atoms with Crippen molar-refractivity contribution in [3.63, 3.8) is 0 Å². The quantitative estimate of drug-likeness (QED) is 0.547. The number of aliphatic hydroxyl groups excluding tert-OH is 1. The van der Waals surface area contributed by atoms with Crippen molar-refractivity contribution in [2.75, 3.05) is 13.6 Å². The predicted molar refractivity (Wildman–Crippen MR) is 74.9 cm³/mol. The Morgan fingerprint density at radius 1 is 1.33 bits per heavy atom. The van der Waals surface area contributed by atoms with E-state index in [4.69, 9.17) is 12.2 Å². The van der Waals surface area contributed by atoms with Crippen LogP contribution in [0, 0.1) is 5.82 Å². The fraction of sp³-hybridized carbons (Fsp3) is 0.462. The van der Waals surface area contributed by atoms with Crippen LogP contribution in [0.5, 0.6) is 0 Å². The van der Waals surface area contributed by atoms with Gasteiger partial charge in [0.2, 0.25) is 0 Å². The second-order valence-corrected chi connectivity index (χ2v) is 4.48. The van der Waals surface area contributed by atoms with E-state index in [0.29, 0.717) is 11.5 Å². The summed E-state index contributed by atoms with van der Waals surface area (Å²) < 4.78 is 12.7. The van der Waals surface area contributed by atoms with Gasteiger partial charge in [0.15, 0.2) is 5.11 Å². The second kappa shape index (κ2) is 8.00. The summed E-state index contributed by atoms with van der Waals surface area (Å²) in [5, 5.41) is 16.4. The third kappa shape index (κ3) is 5.42. The third-order valence-electron chi connectivity index (χ3n) is 2.67. The molecule has 0 spiro atoms. The van der Waals surface area contributed by atoms with Crippen molar-refractivity contribution < 1.29 is 9.50 Å². The summed E-state index contributed by atoms with van der Waals surface area (Å²) in [4.78, 5) is 0. The molecule has 100 valence electrons. The number of halogens is 1.